The molecule has 8 nitrogen and oxygen atoms in total. The number of aromatic nitrogens is 3. The fourth-order valence-corrected chi connectivity index (χ4v) is 5.31. The van der Waals surface area contributed by atoms with Gasteiger partial charge in [0.25, 0.3) is 10.0 Å². The van der Waals surface area contributed by atoms with E-state index in [0.717, 1.165) is 6.26 Å². The van der Waals surface area contributed by atoms with Gasteiger partial charge in [-0.15, -0.1) is 0 Å². The van der Waals surface area contributed by atoms with Crippen molar-refractivity contribution in [3.8, 4) is 11.4 Å². The molecule has 1 heterocycles. The Kier molecular flexibility index (Phi) is 5.26. The lowest BCUT2D eigenvalue weighted by molar-refractivity contribution is 0.588. The largest absolute Gasteiger partial charge is 0.279 e. The van der Waals surface area contributed by atoms with Crippen molar-refractivity contribution >= 4 is 25.5 Å². The van der Waals surface area contributed by atoms with Gasteiger partial charge in [-0.1, -0.05) is 38.1 Å². The maximum absolute atomic E-state index is 12.9. The molecular formula is C18H20N4O4S2. The summed E-state index contributed by atoms with van der Waals surface area (Å²) in [5, 5.41) is 7.00. The molecule has 0 radical (unpaired) electrons. The molecule has 1 aromatic heterocycles. The first kappa shape index (κ1) is 20.0. The second-order valence-corrected chi connectivity index (χ2v) is 10.2. The number of rotatable bonds is 6. The van der Waals surface area contributed by atoms with Crippen LogP contribution in [0.5, 0.6) is 0 Å². The quantitative estimate of drug-likeness (QED) is 0.632. The van der Waals surface area contributed by atoms with Crippen molar-refractivity contribution < 1.29 is 16.8 Å². The number of sulfonamides is 1. The Labute approximate surface area is 164 Å². The fraction of sp³-hybridized carbons (Fsp3) is 0.222. The smallest absolute Gasteiger partial charge is 0.263 e. The van der Waals surface area contributed by atoms with Gasteiger partial charge in [-0.25, -0.2) is 21.8 Å². The van der Waals surface area contributed by atoms with Crippen LogP contribution in [0.4, 0.5) is 5.69 Å². The highest BCUT2D eigenvalue weighted by atomic mass is 32.2. The van der Waals surface area contributed by atoms with Gasteiger partial charge in [-0.05, 0) is 24.3 Å². The zero-order valence-corrected chi connectivity index (χ0v) is 17.2. The third kappa shape index (κ3) is 4.07. The number of hydrogen-bond donors (Lipinski definition) is 2. The van der Waals surface area contributed by atoms with Gasteiger partial charge in [0.1, 0.15) is 10.7 Å². The molecule has 3 aromatic rings. The Morgan fingerprint density at radius 1 is 0.929 bits per heavy atom. The Balaban J connectivity index is 2.06. The molecule has 0 aliphatic carbocycles. The van der Waals surface area contributed by atoms with E-state index in [1.165, 1.54) is 24.3 Å². The van der Waals surface area contributed by atoms with E-state index in [1.807, 2.05) is 13.8 Å². The zero-order chi connectivity index (χ0) is 20.5. The molecule has 0 aliphatic rings. The lowest BCUT2D eigenvalue weighted by Crippen LogP contribution is -2.17. The van der Waals surface area contributed by atoms with Crippen LogP contribution in [0.3, 0.4) is 0 Å². The topological polar surface area (TPSA) is 122 Å². The van der Waals surface area contributed by atoms with Crippen molar-refractivity contribution in [1.29, 1.82) is 0 Å². The van der Waals surface area contributed by atoms with Crippen molar-refractivity contribution in [2.45, 2.75) is 29.6 Å². The third-order valence-corrected chi connectivity index (χ3v) is 6.71. The van der Waals surface area contributed by atoms with E-state index >= 15 is 0 Å². The van der Waals surface area contributed by atoms with Gasteiger partial charge < -0.3 is 0 Å². The number of hydrogen-bond acceptors (Lipinski definition) is 6. The van der Waals surface area contributed by atoms with Crippen LogP contribution in [0.15, 0.2) is 58.3 Å². The summed E-state index contributed by atoms with van der Waals surface area (Å²) in [6.45, 7) is 3.92. The molecule has 0 aliphatic heterocycles. The predicted molar refractivity (Wildman–Crippen MR) is 106 cm³/mol. The predicted octanol–water partition coefficient (Wildman–Crippen LogP) is 2.80. The van der Waals surface area contributed by atoms with E-state index < -0.39 is 19.9 Å². The highest BCUT2D eigenvalue weighted by molar-refractivity contribution is 7.95. The molecule has 3 rings (SSSR count). The summed E-state index contributed by atoms with van der Waals surface area (Å²) in [5.41, 5.74) is 0.728. The Bertz CT molecular complexity index is 1220. The Morgan fingerprint density at radius 3 is 2.14 bits per heavy atom. The van der Waals surface area contributed by atoms with E-state index in [2.05, 4.69) is 19.9 Å². The van der Waals surface area contributed by atoms with Crippen LogP contribution in [0, 0.1) is 0 Å². The monoisotopic (exact) mass is 420 g/mol. The van der Waals surface area contributed by atoms with Gasteiger partial charge in [0.15, 0.2) is 15.7 Å². The van der Waals surface area contributed by atoms with E-state index in [9.17, 15) is 16.8 Å². The fourth-order valence-electron chi connectivity index (χ4n) is 2.60. The normalized spacial score (nSPS) is 12.3. The van der Waals surface area contributed by atoms with Gasteiger partial charge in [0.05, 0.1) is 10.6 Å². The van der Waals surface area contributed by atoms with Crippen molar-refractivity contribution in [3.63, 3.8) is 0 Å². The van der Waals surface area contributed by atoms with E-state index in [1.54, 1.807) is 24.3 Å². The Hall–Kier alpha value is -2.72. The minimum Gasteiger partial charge on any atom is -0.279 e. The summed E-state index contributed by atoms with van der Waals surface area (Å²) in [4.78, 5) is 3.82. The number of nitrogens with one attached hydrogen (secondary N) is 2. The number of nitrogens with zero attached hydrogens (tertiary/aromatic N) is 2. The second kappa shape index (κ2) is 7.36. The van der Waals surface area contributed by atoms with Gasteiger partial charge >= 0.3 is 0 Å². The van der Waals surface area contributed by atoms with E-state index in [0.29, 0.717) is 17.2 Å². The molecule has 10 heteroatoms. The SMILES string of the molecule is CC(C)c1nc(-c2ccccc2NS(=O)(=O)c2ccccc2S(C)(=O)=O)n[nH]1. The van der Waals surface area contributed by atoms with Gasteiger partial charge in [-0.2, -0.15) is 5.10 Å². The summed E-state index contributed by atoms with van der Waals surface area (Å²) in [7, 11) is -7.89. The number of aromatic amines is 1. The summed E-state index contributed by atoms with van der Waals surface area (Å²) in [6.07, 6.45) is 0.969. The summed E-state index contributed by atoms with van der Waals surface area (Å²) < 4.78 is 52.3. The van der Waals surface area contributed by atoms with E-state index in [-0.39, 0.29) is 21.4 Å². The number of sulfone groups is 1. The molecule has 148 valence electrons. The van der Waals surface area contributed by atoms with Crippen molar-refractivity contribution in [2.24, 2.45) is 0 Å². The van der Waals surface area contributed by atoms with E-state index in [4.69, 9.17) is 0 Å². The van der Waals surface area contributed by atoms with Crippen molar-refractivity contribution in [2.75, 3.05) is 11.0 Å². The second-order valence-electron chi connectivity index (χ2n) is 6.57. The minimum atomic E-state index is -4.16. The molecule has 0 amide bonds. The molecule has 0 bridgehead atoms. The molecule has 0 saturated heterocycles. The number of H-pyrrole nitrogens is 1. The molecule has 0 saturated carbocycles. The lowest BCUT2D eigenvalue weighted by Gasteiger charge is -2.13. The average molecular weight is 421 g/mol. The van der Waals surface area contributed by atoms with Crippen molar-refractivity contribution in [3.05, 3.63) is 54.4 Å². The standard InChI is InChI=1S/C18H20N4O4S2/c1-12(2)17-19-18(21-20-17)13-8-4-5-9-14(13)22-28(25,26)16-11-7-6-10-15(16)27(3,23)24/h4-12,22H,1-3H3,(H,19,20,21). The number of benzene rings is 2. The van der Waals surface area contributed by atoms with Crippen LogP contribution in [-0.2, 0) is 19.9 Å². The lowest BCUT2D eigenvalue weighted by atomic mass is 10.1. The van der Waals surface area contributed by atoms with Crippen LogP contribution in [-0.4, -0.2) is 38.3 Å². The molecule has 0 spiro atoms. The molecule has 2 N–H and O–H groups in total. The first-order valence-electron chi connectivity index (χ1n) is 8.43. The maximum atomic E-state index is 12.9. The van der Waals surface area contributed by atoms with Gasteiger partial charge in [-0.3, -0.25) is 9.82 Å². The summed E-state index contributed by atoms with van der Waals surface area (Å²) in [6, 6.07) is 12.1. The van der Waals surface area contributed by atoms with Crippen LogP contribution in [0.25, 0.3) is 11.4 Å². The van der Waals surface area contributed by atoms with Crippen LogP contribution >= 0.6 is 0 Å². The van der Waals surface area contributed by atoms with Crippen molar-refractivity contribution in [1.82, 2.24) is 15.2 Å². The Morgan fingerprint density at radius 2 is 1.54 bits per heavy atom. The van der Waals surface area contributed by atoms with Crippen LogP contribution in [0.1, 0.15) is 25.6 Å². The van der Waals surface area contributed by atoms with Crippen LogP contribution in [0.2, 0.25) is 0 Å². The molecule has 0 unspecified atom stereocenters. The molecular weight excluding hydrogens is 400 g/mol. The van der Waals surface area contributed by atoms with Gasteiger partial charge in [0.2, 0.25) is 0 Å². The zero-order valence-electron chi connectivity index (χ0n) is 15.5. The number of para-hydroxylation sites is 1. The summed E-state index contributed by atoms with van der Waals surface area (Å²) >= 11 is 0. The third-order valence-electron chi connectivity index (χ3n) is 4.00. The van der Waals surface area contributed by atoms with Crippen LogP contribution < -0.4 is 4.72 Å². The molecule has 0 fully saturated rings. The summed E-state index contributed by atoms with van der Waals surface area (Å²) in [5.74, 6) is 1.15. The molecule has 0 atom stereocenters. The molecule has 2 aromatic carbocycles. The first-order valence-corrected chi connectivity index (χ1v) is 11.8. The highest BCUT2D eigenvalue weighted by Crippen LogP contribution is 2.29. The maximum Gasteiger partial charge on any atom is 0.263 e. The highest BCUT2D eigenvalue weighted by Gasteiger charge is 2.25. The molecule has 28 heavy (non-hydrogen) atoms. The van der Waals surface area contributed by atoms with Gasteiger partial charge in [0, 0.05) is 17.7 Å². The minimum absolute atomic E-state index is 0.131. The number of anilines is 1. The first-order chi connectivity index (χ1) is 13.1. The average Bonchev–Trinajstić information content (AvgIpc) is 3.11.